The Balaban J connectivity index is 1.37. The molecular weight excluding hydrogens is 402 g/mol. The first-order valence-corrected chi connectivity index (χ1v) is 10.9. The molecule has 2 aliphatic rings. The molecule has 0 bridgehead atoms. The molecule has 3 rings (SSSR count). The minimum Gasteiger partial charge on any atom is -0.484 e. The normalized spacial score (nSPS) is 17.6. The minimum atomic E-state index is 0.0492. The highest BCUT2D eigenvalue weighted by molar-refractivity contribution is 7.80. The highest BCUT2D eigenvalue weighted by atomic mass is 32.1. The van der Waals surface area contributed by atoms with Crippen molar-refractivity contribution in [3.63, 3.8) is 0 Å². The number of benzene rings is 1. The number of rotatable bonds is 8. The van der Waals surface area contributed by atoms with Crippen molar-refractivity contribution in [3.8, 4) is 5.75 Å². The molecule has 0 unspecified atom stereocenters. The molecular formula is C21H31N5O3S. The van der Waals surface area contributed by atoms with Gasteiger partial charge in [0.25, 0.3) is 5.91 Å². The van der Waals surface area contributed by atoms with Crippen molar-refractivity contribution >= 4 is 28.9 Å². The molecule has 2 aliphatic heterocycles. The van der Waals surface area contributed by atoms with Gasteiger partial charge in [-0.1, -0.05) is 0 Å². The molecule has 2 fully saturated rings. The topological polar surface area (TPSA) is 78.4 Å². The number of morpholine rings is 1. The number of hydrazone groups is 1. The Labute approximate surface area is 183 Å². The van der Waals surface area contributed by atoms with E-state index < -0.39 is 0 Å². The molecule has 8 nitrogen and oxygen atoms in total. The number of thiocarbonyl (C=S) groups is 1. The molecule has 0 aromatic heterocycles. The smallest absolute Gasteiger partial charge is 0.260 e. The summed E-state index contributed by atoms with van der Waals surface area (Å²) in [4.78, 5) is 16.3. The fourth-order valence-corrected chi connectivity index (χ4v) is 3.53. The van der Waals surface area contributed by atoms with Crippen LogP contribution in [0, 0.1) is 0 Å². The van der Waals surface area contributed by atoms with Gasteiger partial charge < -0.3 is 19.7 Å². The minimum absolute atomic E-state index is 0.0492. The number of carbonyl (C=O) groups is 1. The Bertz CT molecular complexity index is 729. The third-order valence-corrected chi connectivity index (χ3v) is 5.47. The number of amides is 1. The monoisotopic (exact) mass is 433 g/mol. The van der Waals surface area contributed by atoms with Crippen LogP contribution in [0.3, 0.4) is 0 Å². The summed E-state index contributed by atoms with van der Waals surface area (Å²) in [6, 6.07) is 7.55. The summed E-state index contributed by atoms with van der Waals surface area (Å²) in [5, 5.41) is 8.02. The van der Waals surface area contributed by atoms with Gasteiger partial charge in [0.15, 0.2) is 11.7 Å². The van der Waals surface area contributed by atoms with Gasteiger partial charge in [-0.25, -0.2) is 0 Å². The number of ether oxygens (including phenoxy) is 2. The third-order valence-electron chi connectivity index (χ3n) is 5.24. The second-order valence-electron chi connectivity index (χ2n) is 7.42. The van der Waals surface area contributed by atoms with Crippen LogP contribution in [0.2, 0.25) is 0 Å². The molecule has 0 saturated carbocycles. The maximum absolute atomic E-state index is 12.1. The average Bonchev–Trinajstić information content (AvgIpc) is 3.32. The summed E-state index contributed by atoms with van der Waals surface area (Å²) in [5.41, 5.74) is 4.66. The maximum Gasteiger partial charge on any atom is 0.260 e. The summed E-state index contributed by atoms with van der Waals surface area (Å²) < 4.78 is 11.0. The highest BCUT2D eigenvalue weighted by Gasteiger charge is 2.18. The Morgan fingerprint density at radius 3 is 2.57 bits per heavy atom. The van der Waals surface area contributed by atoms with Crippen LogP contribution in [-0.2, 0) is 9.53 Å². The van der Waals surface area contributed by atoms with Crippen molar-refractivity contribution in [1.82, 2.24) is 20.5 Å². The number of nitrogens with zero attached hydrogens (tertiary/aromatic N) is 3. The molecule has 2 heterocycles. The van der Waals surface area contributed by atoms with Gasteiger partial charge in [0.2, 0.25) is 0 Å². The van der Waals surface area contributed by atoms with Gasteiger partial charge >= 0.3 is 0 Å². The van der Waals surface area contributed by atoms with Gasteiger partial charge in [-0.2, -0.15) is 5.10 Å². The van der Waals surface area contributed by atoms with Crippen LogP contribution in [0.1, 0.15) is 25.3 Å². The van der Waals surface area contributed by atoms with E-state index in [1.807, 2.05) is 36.1 Å². The molecule has 0 aliphatic carbocycles. The van der Waals surface area contributed by atoms with Crippen LogP contribution in [0.4, 0.5) is 0 Å². The predicted molar refractivity (Wildman–Crippen MR) is 121 cm³/mol. The van der Waals surface area contributed by atoms with Gasteiger partial charge in [0, 0.05) is 39.3 Å². The van der Waals surface area contributed by atoms with E-state index in [0.717, 1.165) is 76.6 Å². The number of nitrogens with one attached hydrogen (secondary N) is 2. The van der Waals surface area contributed by atoms with Crippen LogP contribution in [0.25, 0.3) is 0 Å². The van der Waals surface area contributed by atoms with Crippen molar-refractivity contribution in [3.05, 3.63) is 29.8 Å². The van der Waals surface area contributed by atoms with Crippen molar-refractivity contribution in [2.45, 2.75) is 19.8 Å². The molecule has 164 valence electrons. The lowest BCUT2D eigenvalue weighted by Gasteiger charge is -2.26. The molecule has 0 spiro atoms. The quantitative estimate of drug-likeness (QED) is 0.362. The molecule has 1 amide bonds. The summed E-state index contributed by atoms with van der Waals surface area (Å²) in [5.74, 6) is 0.723. The Morgan fingerprint density at radius 1 is 1.17 bits per heavy atom. The first kappa shape index (κ1) is 22.5. The Morgan fingerprint density at radius 2 is 1.87 bits per heavy atom. The maximum atomic E-state index is 12.1. The number of hydrogen-bond acceptors (Lipinski definition) is 6. The first-order valence-electron chi connectivity index (χ1n) is 10.5. The van der Waals surface area contributed by atoms with Crippen molar-refractivity contribution in [2.75, 3.05) is 59.1 Å². The van der Waals surface area contributed by atoms with E-state index in [9.17, 15) is 4.79 Å². The first-order chi connectivity index (χ1) is 14.6. The molecule has 0 radical (unpaired) electrons. The standard InChI is InChI=1S/C21H31N5O3S/c1-17(23-24-21(30)22-8-11-25-12-14-28-15-13-25)18-4-6-19(7-5-18)29-16-20(27)26-9-2-3-10-26/h4-7H,2-3,8-16H2,1H3,(H2,22,24,30)/b23-17-. The number of hydrogen-bond donors (Lipinski definition) is 2. The van der Waals surface area contributed by atoms with Crippen molar-refractivity contribution in [1.29, 1.82) is 0 Å². The SMILES string of the molecule is C/C(=N/NC(=S)NCCN1CCOCC1)c1ccc(OCC(=O)N2CCCC2)cc1. The number of likely N-dealkylation sites (tertiary alicyclic amines) is 1. The van der Waals surface area contributed by atoms with Gasteiger partial charge in [-0.05, 0) is 61.8 Å². The molecule has 9 heteroatoms. The molecule has 30 heavy (non-hydrogen) atoms. The van der Waals surface area contributed by atoms with Gasteiger partial charge in [0.1, 0.15) is 5.75 Å². The van der Waals surface area contributed by atoms with Gasteiger partial charge in [-0.15, -0.1) is 0 Å². The van der Waals surface area contributed by atoms with Crippen LogP contribution in [-0.4, -0.2) is 85.6 Å². The summed E-state index contributed by atoms with van der Waals surface area (Å²) in [6.45, 7) is 8.89. The largest absolute Gasteiger partial charge is 0.484 e. The molecule has 1 aromatic rings. The molecule has 2 saturated heterocycles. The zero-order valence-corrected chi connectivity index (χ0v) is 18.4. The van der Waals surface area contributed by atoms with E-state index in [-0.39, 0.29) is 12.5 Å². The summed E-state index contributed by atoms with van der Waals surface area (Å²) in [7, 11) is 0. The summed E-state index contributed by atoms with van der Waals surface area (Å²) in [6.07, 6.45) is 2.17. The lowest BCUT2D eigenvalue weighted by molar-refractivity contribution is -0.132. The number of carbonyl (C=O) groups excluding carboxylic acids is 1. The van der Waals surface area contributed by atoms with Crippen LogP contribution < -0.4 is 15.5 Å². The van der Waals surface area contributed by atoms with E-state index >= 15 is 0 Å². The van der Waals surface area contributed by atoms with Gasteiger partial charge in [-0.3, -0.25) is 15.1 Å². The van der Waals surface area contributed by atoms with E-state index in [2.05, 4.69) is 20.7 Å². The second kappa shape index (κ2) is 11.8. The van der Waals surface area contributed by atoms with E-state index in [0.29, 0.717) is 10.9 Å². The lowest BCUT2D eigenvalue weighted by atomic mass is 10.1. The second-order valence-corrected chi connectivity index (χ2v) is 7.83. The molecule has 2 N–H and O–H groups in total. The van der Waals surface area contributed by atoms with E-state index in [1.165, 1.54) is 0 Å². The van der Waals surface area contributed by atoms with Crippen LogP contribution in [0.5, 0.6) is 5.75 Å². The van der Waals surface area contributed by atoms with Crippen LogP contribution >= 0.6 is 12.2 Å². The van der Waals surface area contributed by atoms with Crippen molar-refractivity contribution < 1.29 is 14.3 Å². The van der Waals surface area contributed by atoms with E-state index in [1.54, 1.807) is 0 Å². The summed E-state index contributed by atoms with van der Waals surface area (Å²) >= 11 is 5.29. The lowest BCUT2D eigenvalue weighted by Crippen LogP contribution is -2.42. The Kier molecular flexibility index (Phi) is 8.85. The fraction of sp³-hybridized carbons (Fsp3) is 0.571. The Hall–Kier alpha value is -2.23. The zero-order valence-electron chi connectivity index (χ0n) is 17.6. The zero-order chi connectivity index (χ0) is 21.2. The van der Waals surface area contributed by atoms with Crippen molar-refractivity contribution in [2.24, 2.45) is 5.10 Å². The third kappa shape index (κ3) is 7.23. The van der Waals surface area contributed by atoms with Gasteiger partial charge in [0.05, 0.1) is 18.9 Å². The van der Waals surface area contributed by atoms with E-state index in [4.69, 9.17) is 21.7 Å². The highest BCUT2D eigenvalue weighted by Crippen LogP contribution is 2.14. The van der Waals surface area contributed by atoms with Crippen LogP contribution in [0.15, 0.2) is 29.4 Å². The predicted octanol–water partition coefficient (Wildman–Crippen LogP) is 1.21. The average molecular weight is 434 g/mol. The fourth-order valence-electron chi connectivity index (χ4n) is 3.39. The molecule has 0 atom stereocenters. The molecule has 1 aromatic carbocycles.